The van der Waals surface area contributed by atoms with Crippen LogP contribution in [-0.4, -0.2) is 25.2 Å². The van der Waals surface area contributed by atoms with E-state index in [1.807, 2.05) is 24.3 Å². The molecule has 3 rings (SSSR count). The van der Waals surface area contributed by atoms with Gasteiger partial charge in [0.1, 0.15) is 30.6 Å². The number of esters is 2. The average molecular weight is 789 g/mol. The summed E-state index contributed by atoms with van der Waals surface area (Å²) in [7, 11) is 0. The van der Waals surface area contributed by atoms with Crippen molar-refractivity contribution in [3.05, 3.63) is 58.7 Å². The van der Waals surface area contributed by atoms with E-state index in [0.717, 1.165) is 29.5 Å². The Morgan fingerprint density at radius 3 is 1.44 bits per heavy atom. The number of hydrogen-bond donors (Lipinski definition) is 0. The summed E-state index contributed by atoms with van der Waals surface area (Å²) in [4.78, 5) is 25.5. The van der Waals surface area contributed by atoms with Crippen LogP contribution in [0.1, 0.15) is 244 Å². The van der Waals surface area contributed by atoms with Crippen molar-refractivity contribution < 1.29 is 23.8 Å². The normalized spacial score (nSPS) is 14.2. The van der Waals surface area contributed by atoms with Crippen molar-refractivity contribution in [1.29, 1.82) is 0 Å². The van der Waals surface area contributed by atoms with Gasteiger partial charge >= 0.3 is 11.9 Å². The summed E-state index contributed by atoms with van der Waals surface area (Å²) in [5.74, 6) is 0.523. The van der Waals surface area contributed by atoms with Gasteiger partial charge in [0.05, 0.1) is 0 Å². The standard InChI is InChI=1S/C52H84O5/c1-8-9-10-11-12-13-14-15-16-17-18-19-20-21-22-23-24-25-26-27-28-29-30-31-32-33-47(53)56-39-38-55-44-36-34-42(35-37-44)48-45-40-43(51(2,3)4)41-46(52(5,6)7)49(45)57-50(48)54/h34-37,40-41,48H,8-33,38-39H2,1-7H3. The van der Waals surface area contributed by atoms with Crippen LogP contribution >= 0.6 is 0 Å². The van der Waals surface area contributed by atoms with Crippen LogP contribution in [0.5, 0.6) is 11.5 Å². The molecule has 0 N–H and O–H groups in total. The molecule has 1 aliphatic heterocycles. The minimum atomic E-state index is -0.471. The highest BCUT2D eigenvalue weighted by Crippen LogP contribution is 2.47. The summed E-state index contributed by atoms with van der Waals surface area (Å²) < 4.78 is 17.2. The molecule has 322 valence electrons. The van der Waals surface area contributed by atoms with Crippen LogP contribution < -0.4 is 9.47 Å². The maximum atomic E-state index is 13.2. The molecule has 5 nitrogen and oxygen atoms in total. The molecular weight excluding hydrogens is 705 g/mol. The zero-order valence-corrected chi connectivity index (χ0v) is 37.9. The predicted molar refractivity (Wildman–Crippen MR) is 240 cm³/mol. The van der Waals surface area contributed by atoms with E-state index in [1.165, 1.54) is 153 Å². The lowest BCUT2D eigenvalue weighted by atomic mass is 9.77. The number of hydrogen-bond acceptors (Lipinski definition) is 5. The van der Waals surface area contributed by atoms with Crippen molar-refractivity contribution in [2.75, 3.05) is 13.2 Å². The van der Waals surface area contributed by atoms with E-state index in [2.05, 4.69) is 60.6 Å². The number of carbonyl (C=O) groups excluding carboxylic acids is 2. The summed E-state index contributed by atoms with van der Waals surface area (Å²) >= 11 is 0. The quantitative estimate of drug-likeness (QED) is 0.0432. The van der Waals surface area contributed by atoms with E-state index in [4.69, 9.17) is 14.2 Å². The monoisotopic (exact) mass is 789 g/mol. The molecule has 1 aliphatic rings. The molecule has 0 spiro atoms. The molecule has 1 atom stereocenters. The molecule has 1 unspecified atom stereocenters. The van der Waals surface area contributed by atoms with Gasteiger partial charge in [0.25, 0.3) is 0 Å². The second kappa shape index (κ2) is 27.0. The van der Waals surface area contributed by atoms with Gasteiger partial charge in [0.15, 0.2) is 0 Å². The maximum Gasteiger partial charge on any atom is 0.323 e. The Morgan fingerprint density at radius 2 is 1.02 bits per heavy atom. The third-order valence-electron chi connectivity index (χ3n) is 11.9. The van der Waals surface area contributed by atoms with Gasteiger partial charge < -0.3 is 14.2 Å². The van der Waals surface area contributed by atoms with Gasteiger partial charge in [-0.1, -0.05) is 227 Å². The van der Waals surface area contributed by atoms with E-state index in [1.54, 1.807) is 0 Å². The van der Waals surface area contributed by atoms with Crippen LogP contribution in [0.2, 0.25) is 0 Å². The fraction of sp³-hybridized carbons (Fsp3) is 0.731. The Balaban J connectivity index is 1.13. The van der Waals surface area contributed by atoms with E-state index < -0.39 is 5.92 Å². The maximum absolute atomic E-state index is 13.2. The van der Waals surface area contributed by atoms with Crippen LogP contribution in [0, 0.1) is 0 Å². The minimum absolute atomic E-state index is 0.0589. The molecule has 2 aromatic carbocycles. The largest absolute Gasteiger partial charge is 0.490 e. The van der Waals surface area contributed by atoms with E-state index >= 15 is 0 Å². The molecule has 0 fully saturated rings. The summed E-state index contributed by atoms with van der Waals surface area (Å²) in [6, 6.07) is 12.0. The third kappa shape index (κ3) is 19.2. The summed E-state index contributed by atoms with van der Waals surface area (Å²) in [5, 5.41) is 0. The first-order valence-corrected chi connectivity index (χ1v) is 23.7. The number of unbranched alkanes of at least 4 members (excludes halogenated alkanes) is 24. The Kier molecular flexibility index (Phi) is 23.0. The van der Waals surface area contributed by atoms with Gasteiger partial charge in [-0.2, -0.15) is 0 Å². The topological polar surface area (TPSA) is 61.8 Å². The highest BCUT2D eigenvalue weighted by Gasteiger charge is 2.39. The van der Waals surface area contributed by atoms with E-state index in [0.29, 0.717) is 24.5 Å². The number of fused-ring (bicyclic) bond motifs is 1. The fourth-order valence-electron chi connectivity index (χ4n) is 8.12. The zero-order chi connectivity index (χ0) is 41.4. The van der Waals surface area contributed by atoms with Crippen LogP contribution in [-0.2, 0) is 25.2 Å². The van der Waals surface area contributed by atoms with Crippen LogP contribution in [0.15, 0.2) is 36.4 Å². The van der Waals surface area contributed by atoms with Gasteiger partial charge in [0.2, 0.25) is 0 Å². The number of rotatable bonds is 31. The van der Waals surface area contributed by atoms with Crippen molar-refractivity contribution in [3.63, 3.8) is 0 Å². The van der Waals surface area contributed by atoms with Crippen molar-refractivity contribution in [3.8, 4) is 11.5 Å². The molecule has 0 radical (unpaired) electrons. The number of ether oxygens (including phenoxy) is 3. The molecule has 0 aliphatic carbocycles. The number of carbonyl (C=O) groups is 2. The van der Waals surface area contributed by atoms with Crippen molar-refractivity contribution >= 4 is 11.9 Å². The Morgan fingerprint density at radius 1 is 0.579 bits per heavy atom. The lowest BCUT2D eigenvalue weighted by molar-refractivity contribution is -0.144. The Hall–Kier alpha value is -2.82. The first-order chi connectivity index (χ1) is 27.4. The molecule has 57 heavy (non-hydrogen) atoms. The Labute approximate surface area is 350 Å². The van der Waals surface area contributed by atoms with Crippen molar-refractivity contribution in [2.24, 2.45) is 0 Å². The highest BCUT2D eigenvalue weighted by atomic mass is 16.6. The van der Waals surface area contributed by atoms with Gasteiger partial charge in [0, 0.05) is 17.5 Å². The summed E-state index contributed by atoms with van der Waals surface area (Å²) in [5.41, 5.74) is 3.85. The van der Waals surface area contributed by atoms with Gasteiger partial charge in [-0.15, -0.1) is 0 Å². The van der Waals surface area contributed by atoms with Gasteiger partial charge in [-0.25, -0.2) is 0 Å². The average Bonchev–Trinajstić information content (AvgIpc) is 3.51. The molecule has 2 aromatic rings. The molecule has 1 heterocycles. The van der Waals surface area contributed by atoms with Crippen molar-refractivity contribution in [2.45, 2.75) is 232 Å². The van der Waals surface area contributed by atoms with Crippen LogP contribution in [0.25, 0.3) is 0 Å². The Bertz CT molecular complexity index is 1400. The number of benzene rings is 2. The molecule has 0 aromatic heterocycles. The second-order valence-corrected chi connectivity index (χ2v) is 19.2. The first kappa shape index (κ1) is 48.5. The second-order valence-electron chi connectivity index (χ2n) is 19.2. The fourth-order valence-corrected chi connectivity index (χ4v) is 8.12. The zero-order valence-electron chi connectivity index (χ0n) is 37.9. The molecule has 5 heteroatoms. The lowest BCUT2D eigenvalue weighted by Gasteiger charge is -2.27. The predicted octanol–water partition coefficient (Wildman–Crippen LogP) is 15.4. The molecule has 0 amide bonds. The molecule has 0 saturated carbocycles. The third-order valence-corrected chi connectivity index (χ3v) is 11.9. The minimum Gasteiger partial charge on any atom is -0.490 e. The van der Waals surface area contributed by atoms with Crippen LogP contribution in [0.4, 0.5) is 0 Å². The van der Waals surface area contributed by atoms with E-state index in [9.17, 15) is 9.59 Å². The summed E-state index contributed by atoms with van der Waals surface area (Å²) in [6.07, 6.45) is 34.8. The highest BCUT2D eigenvalue weighted by molar-refractivity contribution is 5.90. The lowest BCUT2D eigenvalue weighted by Crippen LogP contribution is -2.17. The van der Waals surface area contributed by atoms with E-state index in [-0.39, 0.29) is 29.4 Å². The van der Waals surface area contributed by atoms with Crippen molar-refractivity contribution in [1.82, 2.24) is 0 Å². The molecule has 0 bridgehead atoms. The van der Waals surface area contributed by atoms with Gasteiger partial charge in [-0.3, -0.25) is 9.59 Å². The molecule has 0 saturated heterocycles. The SMILES string of the molecule is CCCCCCCCCCCCCCCCCCCCCCCCCCCC(=O)OCCOc1ccc(C2C(=O)Oc3c2cc(C(C)(C)C)cc3C(C)(C)C)cc1. The molecular formula is C52H84O5. The van der Waals surface area contributed by atoms with Gasteiger partial charge in [-0.05, 0) is 40.5 Å². The summed E-state index contributed by atoms with van der Waals surface area (Å²) in [6.45, 7) is 15.9. The first-order valence-electron chi connectivity index (χ1n) is 23.7. The van der Waals surface area contributed by atoms with Crippen LogP contribution in [0.3, 0.4) is 0 Å². The smallest absolute Gasteiger partial charge is 0.323 e.